The van der Waals surface area contributed by atoms with E-state index in [1.807, 2.05) is 26.0 Å². The lowest BCUT2D eigenvalue weighted by atomic mass is 9.60. The van der Waals surface area contributed by atoms with Gasteiger partial charge in [0.2, 0.25) is 5.95 Å². The number of methoxy groups -OCH3 is 1. The summed E-state index contributed by atoms with van der Waals surface area (Å²) >= 11 is 6.55. The number of hydrogen-bond acceptors (Lipinski definition) is 8. The topological polar surface area (TPSA) is 82.6 Å². The van der Waals surface area contributed by atoms with E-state index >= 15 is 0 Å². The first-order valence-electron chi connectivity index (χ1n) is 15.2. The second-order valence-corrected chi connectivity index (χ2v) is 16.6. The van der Waals surface area contributed by atoms with Gasteiger partial charge in [-0.15, -0.1) is 0 Å². The van der Waals surface area contributed by atoms with Gasteiger partial charge in [0.15, 0.2) is 5.82 Å². The minimum absolute atomic E-state index is 0.375. The Morgan fingerprint density at radius 2 is 1.79 bits per heavy atom. The summed E-state index contributed by atoms with van der Waals surface area (Å²) in [5, 5.41) is 7.89. The van der Waals surface area contributed by atoms with Crippen molar-refractivity contribution < 1.29 is 9.30 Å². The normalized spacial score (nSPS) is 16.8. The molecular weight excluding hydrogens is 579 g/mol. The smallest absolute Gasteiger partial charge is 0.229 e. The van der Waals surface area contributed by atoms with Gasteiger partial charge < -0.3 is 29.7 Å². The first-order valence-corrected chi connectivity index (χ1v) is 18.2. The Balaban J connectivity index is 1.38. The van der Waals surface area contributed by atoms with Crippen LogP contribution in [0.3, 0.4) is 0 Å². The van der Waals surface area contributed by atoms with E-state index < -0.39 is 7.14 Å². The van der Waals surface area contributed by atoms with Crippen molar-refractivity contribution in [3.63, 3.8) is 0 Å². The van der Waals surface area contributed by atoms with E-state index in [0.29, 0.717) is 22.2 Å². The van der Waals surface area contributed by atoms with Crippen LogP contribution in [0.15, 0.2) is 30.5 Å². The van der Waals surface area contributed by atoms with Gasteiger partial charge in [-0.3, -0.25) is 0 Å². The molecule has 10 heteroatoms. The Labute approximate surface area is 262 Å². The van der Waals surface area contributed by atoms with Crippen molar-refractivity contribution in [1.82, 2.24) is 14.9 Å². The van der Waals surface area contributed by atoms with Crippen molar-refractivity contribution in [2.75, 3.05) is 63.2 Å². The van der Waals surface area contributed by atoms with Gasteiger partial charge in [0.05, 0.1) is 24.7 Å². The van der Waals surface area contributed by atoms with Crippen LogP contribution in [-0.2, 0) is 11.0 Å². The van der Waals surface area contributed by atoms with Crippen LogP contribution in [0.5, 0.6) is 5.75 Å². The number of aromatic nitrogens is 2. The van der Waals surface area contributed by atoms with E-state index in [4.69, 9.17) is 21.3 Å². The maximum Gasteiger partial charge on any atom is 0.229 e. The molecule has 2 aliphatic rings. The number of anilines is 5. The fourth-order valence-corrected chi connectivity index (χ4v) is 8.68. The largest absolute Gasteiger partial charge is 0.494 e. The highest BCUT2D eigenvalue weighted by Gasteiger charge is 2.46. The number of rotatable bonds is 9. The van der Waals surface area contributed by atoms with Crippen LogP contribution in [0.1, 0.15) is 49.3 Å². The van der Waals surface area contributed by atoms with Gasteiger partial charge in [-0.25, -0.2) is 4.98 Å². The summed E-state index contributed by atoms with van der Waals surface area (Å²) in [4.78, 5) is 14.1. The van der Waals surface area contributed by atoms with Crippen LogP contribution in [0, 0.1) is 19.3 Å². The molecule has 1 aliphatic heterocycles. The second-order valence-electron chi connectivity index (χ2n) is 13.0. The molecule has 0 radical (unpaired) electrons. The van der Waals surface area contributed by atoms with E-state index in [-0.39, 0.29) is 0 Å². The molecule has 0 atom stereocenters. The number of piperidine rings is 1. The molecule has 2 heterocycles. The molecule has 2 aromatic carbocycles. The molecule has 5 rings (SSSR count). The first kappa shape index (κ1) is 31.6. The third-order valence-electron chi connectivity index (χ3n) is 9.24. The number of ether oxygens (including phenoxy) is 1. The lowest BCUT2D eigenvalue weighted by molar-refractivity contribution is 0.00488. The molecular formula is C33H46ClN6O2P. The maximum atomic E-state index is 13.2. The molecule has 3 aromatic rings. The monoisotopic (exact) mass is 624 g/mol. The van der Waals surface area contributed by atoms with Crippen molar-refractivity contribution in [3.8, 4) is 5.75 Å². The minimum Gasteiger partial charge on any atom is -0.494 e. The van der Waals surface area contributed by atoms with Gasteiger partial charge >= 0.3 is 0 Å². The highest BCUT2D eigenvalue weighted by molar-refractivity contribution is 7.70. The van der Waals surface area contributed by atoms with Crippen LogP contribution in [0.25, 0.3) is 0 Å². The third-order valence-corrected chi connectivity index (χ3v) is 11.2. The van der Waals surface area contributed by atoms with E-state index in [1.165, 1.54) is 36.9 Å². The minimum atomic E-state index is -2.57. The number of nitrogens with one attached hydrogen (secondary N) is 2. The number of benzene rings is 2. The van der Waals surface area contributed by atoms with Crippen molar-refractivity contribution in [2.45, 2.75) is 58.9 Å². The molecule has 1 aromatic heterocycles. The van der Waals surface area contributed by atoms with Crippen LogP contribution in [0.2, 0.25) is 5.02 Å². The second kappa shape index (κ2) is 12.3. The molecule has 0 unspecified atom stereocenters. The first-order chi connectivity index (χ1) is 20.3. The molecule has 2 fully saturated rings. The van der Waals surface area contributed by atoms with Gasteiger partial charge in [0.1, 0.15) is 17.9 Å². The fourth-order valence-electron chi connectivity index (χ4n) is 6.93. The van der Waals surface area contributed by atoms with Gasteiger partial charge in [0, 0.05) is 36.2 Å². The maximum absolute atomic E-state index is 13.2. The molecule has 43 heavy (non-hydrogen) atoms. The predicted molar refractivity (Wildman–Crippen MR) is 182 cm³/mol. The summed E-state index contributed by atoms with van der Waals surface area (Å²) in [6.07, 6.45) is 7.59. The zero-order chi connectivity index (χ0) is 31.1. The number of aryl methyl sites for hydroxylation is 3. The van der Waals surface area contributed by atoms with Crippen LogP contribution in [0.4, 0.5) is 28.8 Å². The summed E-state index contributed by atoms with van der Waals surface area (Å²) in [6, 6.07) is 9.07. The molecule has 1 saturated heterocycles. The highest BCUT2D eigenvalue weighted by Crippen LogP contribution is 2.51. The molecule has 1 saturated carbocycles. The summed E-state index contributed by atoms with van der Waals surface area (Å²) in [7, 11) is 3.53. The average Bonchev–Trinajstić information content (AvgIpc) is 2.92. The Hall–Kier alpha value is -2.80. The van der Waals surface area contributed by atoms with E-state index in [0.717, 1.165) is 59.1 Å². The lowest BCUT2D eigenvalue weighted by Crippen LogP contribution is -2.53. The molecule has 1 aliphatic carbocycles. The van der Waals surface area contributed by atoms with Crippen LogP contribution < -0.4 is 25.6 Å². The van der Waals surface area contributed by atoms with Gasteiger partial charge in [0.25, 0.3) is 0 Å². The predicted octanol–water partition coefficient (Wildman–Crippen LogP) is 7.36. The number of nitrogens with zero attached hydrogens (tertiary/aromatic N) is 4. The zero-order valence-electron chi connectivity index (χ0n) is 26.8. The zero-order valence-corrected chi connectivity index (χ0v) is 28.5. The standard InChI is InChI=1S/C33H46ClN6O2P/c1-9-23-16-26(29(42-6)17-28(23)40-12-10-33(11-13-40)18-24(19-33)39(4)5)37-32-35-20-25(34)31(38-32)36-27-15-21(2)14-22(3)30(27)43(7,8)41/h14-17,20,24H,9-13,18-19H2,1-8H3,(H2,35,36,37,38). The summed E-state index contributed by atoms with van der Waals surface area (Å²) in [6.45, 7) is 11.9. The van der Waals surface area contributed by atoms with Gasteiger partial charge in [-0.1, -0.05) is 24.6 Å². The highest BCUT2D eigenvalue weighted by atomic mass is 35.5. The molecule has 0 bridgehead atoms. The van der Waals surface area contributed by atoms with Crippen molar-refractivity contribution in [1.29, 1.82) is 0 Å². The van der Waals surface area contributed by atoms with E-state index in [1.54, 1.807) is 26.6 Å². The Morgan fingerprint density at radius 3 is 2.40 bits per heavy atom. The summed E-state index contributed by atoms with van der Waals surface area (Å²) in [5.41, 5.74) is 6.61. The average molecular weight is 625 g/mol. The van der Waals surface area contributed by atoms with Gasteiger partial charge in [-0.05, 0) is 108 Å². The number of hydrogen-bond donors (Lipinski definition) is 2. The van der Waals surface area contributed by atoms with Crippen molar-refractivity contribution in [3.05, 3.63) is 52.2 Å². The molecule has 8 nitrogen and oxygen atoms in total. The molecule has 1 spiro atoms. The van der Waals surface area contributed by atoms with Gasteiger partial charge in [-0.2, -0.15) is 4.98 Å². The number of halogens is 1. The molecule has 232 valence electrons. The lowest BCUT2D eigenvalue weighted by Gasteiger charge is -2.54. The molecule has 2 N–H and O–H groups in total. The Kier molecular flexibility index (Phi) is 9.04. The Bertz CT molecular complexity index is 1540. The van der Waals surface area contributed by atoms with Crippen molar-refractivity contribution in [2.24, 2.45) is 5.41 Å². The fraction of sp³-hybridized carbons (Fsp3) is 0.515. The Morgan fingerprint density at radius 1 is 1.09 bits per heavy atom. The molecule has 0 amide bonds. The quantitative estimate of drug-likeness (QED) is 0.239. The third kappa shape index (κ3) is 6.67. The van der Waals surface area contributed by atoms with Crippen LogP contribution >= 0.6 is 18.7 Å². The van der Waals surface area contributed by atoms with Crippen molar-refractivity contribution >= 4 is 52.9 Å². The summed E-state index contributed by atoms with van der Waals surface area (Å²) < 4.78 is 19.0. The SMILES string of the molecule is CCc1cc(Nc2ncc(Cl)c(Nc3cc(C)cc(C)c3P(C)(C)=O)n2)c(OC)cc1N1CCC2(CC1)CC(N(C)C)C2. The summed E-state index contributed by atoms with van der Waals surface area (Å²) in [5.74, 6) is 1.58. The van der Waals surface area contributed by atoms with Crippen LogP contribution in [-0.4, -0.2) is 68.5 Å². The van der Waals surface area contributed by atoms with E-state index in [9.17, 15) is 4.57 Å². The van der Waals surface area contributed by atoms with E-state index in [2.05, 4.69) is 58.6 Å².